The maximum Gasteiger partial charge on any atom is 0.410 e. The lowest BCUT2D eigenvalue weighted by molar-refractivity contribution is 0.0290. The van der Waals surface area contributed by atoms with E-state index < -0.39 is 5.60 Å². The average Bonchev–Trinajstić information content (AvgIpc) is 3.11. The summed E-state index contributed by atoms with van der Waals surface area (Å²) in [6.45, 7) is 10.2. The van der Waals surface area contributed by atoms with Gasteiger partial charge in [0.15, 0.2) is 0 Å². The quantitative estimate of drug-likeness (QED) is 0.920. The molecule has 2 unspecified atom stereocenters. The molecular formula is C16H27N5O2. The van der Waals surface area contributed by atoms with Crippen LogP contribution >= 0.6 is 0 Å². The van der Waals surface area contributed by atoms with Gasteiger partial charge in [0.05, 0.1) is 6.04 Å². The number of ether oxygens (including phenoxy) is 1. The van der Waals surface area contributed by atoms with Crippen LogP contribution in [0.2, 0.25) is 0 Å². The Bertz CT molecular complexity index is 578. The fourth-order valence-corrected chi connectivity index (χ4v) is 3.31. The molecule has 1 fully saturated rings. The van der Waals surface area contributed by atoms with E-state index in [-0.39, 0.29) is 18.2 Å². The smallest absolute Gasteiger partial charge is 0.410 e. The number of hydrogen-bond acceptors (Lipinski definition) is 5. The van der Waals surface area contributed by atoms with E-state index in [1.165, 1.54) is 0 Å². The monoisotopic (exact) mass is 321 g/mol. The molecule has 2 aliphatic heterocycles. The van der Waals surface area contributed by atoms with E-state index in [1.807, 2.05) is 20.8 Å². The number of nitrogens with zero attached hydrogens (tertiary/aromatic N) is 4. The van der Waals surface area contributed by atoms with Crippen molar-refractivity contribution in [3.8, 4) is 0 Å². The van der Waals surface area contributed by atoms with Crippen LogP contribution in [0.5, 0.6) is 0 Å². The summed E-state index contributed by atoms with van der Waals surface area (Å²) < 4.78 is 7.66. The number of amides is 1. The molecular weight excluding hydrogens is 294 g/mol. The normalized spacial score (nSPS) is 22.3. The van der Waals surface area contributed by atoms with Crippen LogP contribution in [0.15, 0.2) is 0 Å². The number of carbonyl (C=O) groups is 1. The molecule has 0 aliphatic carbocycles. The molecule has 1 N–H and O–H groups in total. The van der Waals surface area contributed by atoms with Crippen molar-refractivity contribution in [2.45, 2.75) is 71.2 Å². The summed E-state index contributed by atoms with van der Waals surface area (Å²) in [4.78, 5) is 13.9. The first kappa shape index (κ1) is 16.2. The van der Waals surface area contributed by atoms with Crippen molar-refractivity contribution in [2.75, 3.05) is 13.1 Å². The molecule has 128 valence electrons. The van der Waals surface area contributed by atoms with Gasteiger partial charge in [0.25, 0.3) is 0 Å². The Morgan fingerprint density at radius 3 is 2.87 bits per heavy atom. The summed E-state index contributed by atoms with van der Waals surface area (Å²) in [5, 5.41) is 12.2. The molecule has 2 aliphatic rings. The lowest BCUT2D eigenvalue weighted by Gasteiger charge is -2.25. The topological polar surface area (TPSA) is 72.3 Å². The van der Waals surface area contributed by atoms with Crippen molar-refractivity contribution < 1.29 is 9.53 Å². The lowest BCUT2D eigenvalue weighted by Crippen LogP contribution is -2.39. The molecule has 1 saturated heterocycles. The third-order valence-electron chi connectivity index (χ3n) is 4.35. The van der Waals surface area contributed by atoms with Crippen molar-refractivity contribution in [3.05, 3.63) is 11.6 Å². The zero-order valence-electron chi connectivity index (χ0n) is 14.5. The van der Waals surface area contributed by atoms with Crippen LogP contribution in [0.3, 0.4) is 0 Å². The van der Waals surface area contributed by atoms with Crippen LogP contribution in [0.25, 0.3) is 0 Å². The highest BCUT2D eigenvalue weighted by atomic mass is 16.6. The minimum absolute atomic E-state index is 0.137. The third-order valence-corrected chi connectivity index (χ3v) is 4.35. The van der Waals surface area contributed by atoms with Crippen molar-refractivity contribution >= 4 is 6.09 Å². The Kier molecular flexibility index (Phi) is 4.31. The largest absolute Gasteiger partial charge is 0.444 e. The average molecular weight is 321 g/mol. The van der Waals surface area contributed by atoms with Gasteiger partial charge in [-0.1, -0.05) is 0 Å². The summed E-state index contributed by atoms with van der Waals surface area (Å²) in [6, 6.07) is 0.407. The molecule has 2 atom stereocenters. The fourth-order valence-electron chi connectivity index (χ4n) is 3.31. The number of hydrogen-bond donors (Lipinski definition) is 1. The SMILES string of the molecule is CC(NC1CCN(C(=O)OC(C)(C)C)C1)c1nnc2n1CCC2. The van der Waals surface area contributed by atoms with Gasteiger partial charge < -0.3 is 19.5 Å². The minimum atomic E-state index is -0.446. The molecule has 7 heteroatoms. The first-order valence-corrected chi connectivity index (χ1v) is 8.49. The van der Waals surface area contributed by atoms with Crippen LogP contribution < -0.4 is 5.32 Å². The summed E-state index contributed by atoms with van der Waals surface area (Å²) in [5.74, 6) is 2.10. The van der Waals surface area contributed by atoms with Gasteiger partial charge in [-0.3, -0.25) is 0 Å². The van der Waals surface area contributed by atoms with E-state index in [9.17, 15) is 4.79 Å². The van der Waals surface area contributed by atoms with Gasteiger partial charge in [0, 0.05) is 32.1 Å². The van der Waals surface area contributed by atoms with Crippen LogP contribution in [0.4, 0.5) is 4.79 Å². The molecule has 0 radical (unpaired) electrons. The number of carbonyl (C=O) groups excluding carboxylic acids is 1. The number of likely N-dealkylation sites (tertiary alicyclic amines) is 1. The standard InChI is InChI=1S/C16H27N5O2/c1-11(14-19-18-13-6-5-8-21(13)14)17-12-7-9-20(10-12)15(22)23-16(2,3)4/h11-12,17H,5-10H2,1-4H3. The van der Waals surface area contributed by atoms with Gasteiger partial charge in [0.1, 0.15) is 17.2 Å². The van der Waals surface area contributed by atoms with E-state index in [4.69, 9.17) is 4.74 Å². The third kappa shape index (κ3) is 3.65. The highest BCUT2D eigenvalue weighted by molar-refractivity contribution is 5.68. The number of rotatable bonds is 3. The Labute approximate surface area is 137 Å². The van der Waals surface area contributed by atoms with E-state index in [1.54, 1.807) is 4.90 Å². The molecule has 1 aromatic rings. The molecule has 0 bridgehead atoms. The van der Waals surface area contributed by atoms with E-state index >= 15 is 0 Å². The van der Waals surface area contributed by atoms with Crippen LogP contribution in [-0.2, 0) is 17.7 Å². The number of aryl methyl sites for hydroxylation is 1. The van der Waals surface area contributed by atoms with E-state index in [0.29, 0.717) is 6.54 Å². The number of fused-ring (bicyclic) bond motifs is 1. The molecule has 1 aromatic heterocycles. The molecule has 3 rings (SSSR count). The summed E-state index contributed by atoms with van der Waals surface area (Å²) in [5.41, 5.74) is -0.446. The maximum atomic E-state index is 12.1. The highest BCUT2D eigenvalue weighted by Gasteiger charge is 2.31. The maximum absolute atomic E-state index is 12.1. The molecule has 0 spiro atoms. The summed E-state index contributed by atoms with van der Waals surface area (Å²) in [7, 11) is 0. The van der Waals surface area contributed by atoms with Crippen molar-refractivity contribution in [2.24, 2.45) is 0 Å². The van der Waals surface area contributed by atoms with Crippen LogP contribution in [0, 0.1) is 0 Å². The zero-order chi connectivity index (χ0) is 16.6. The van der Waals surface area contributed by atoms with Gasteiger partial charge in [-0.05, 0) is 40.5 Å². The fraction of sp³-hybridized carbons (Fsp3) is 0.812. The Morgan fingerprint density at radius 1 is 1.35 bits per heavy atom. The summed E-state index contributed by atoms with van der Waals surface area (Å²) in [6.07, 6.45) is 2.89. The van der Waals surface area contributed by atoms with Crippen molar-refractivity contribution in [3.63, 3.8) is 0 Å². The van der Waals surface area contributed by atoms with Gasteiger partial charge >= 0.3 is 6.09 Å². The minimum Gasteiger partial charge on any atom is -0.444 e. The Hall–Kier alpha value is -1.63. The molecule has 3 heterocycles. The molecule has 23 heavy (non-hydrogen) atoms. The van der Waals surface area contributed by atoms with Gasteiger partial charge in [-0.2, -0.15) is 0 Å². The number of nitrogens with one attached hydrogen (secondary N) is 1. The second-order valence-corrected chi connectivity index (χ2v) is 7.53. The predicted octanol–water partition coefficient (Wildman–Crippen LogP) is 1.88. The van der Waals surface area contributed by atoms with Crippen molar-refractivity contribution in [1.29, 1.82) is 0 Å². The lowest BCUT2D eigenvalue weighted by atomic mass is 10.2. The Morgan fingerprint density at radius 2 is 2.13 bits per heavy atom. The van der Waals surface area contributed by atoms with Gasteiger partial charge in [-0.15, -0.1) is 10.2 Å². The van der Waals surface area contributed by atoms with E-state index in [2.05, 4.69) is 27.0 Å². The van der Waals surface area contributed by atoms with Crippen LogP contribution in [-0.4, -0.2) is 50.5 Å². The molecule has 0 saturated carbocycles. The molecule has 1 amide bonds. The van der Waals surface area contributed by atoms with Gasteiger partial charge in [-0.25, -0.2) is 4.79 Å². The summed E-state index contributed by atoms with van der Waals surface area (Å²) >= 11 is 0. The highest BCUT2D eigenvalue weighted by Crippen LogP contribution is 2.21. The molecule has 7 nitrogen and oxygen atoms in total. The van der Waals surface area contributed by atoms with Crippen LogP contribution in [0.1, 0.15) is 58.2 Å². The number of aromatic nitrogens is 3. The first-order valence-electron chi connectivity index (χ1n) is 8.49. The first-order chi connectivity index (χ1) is 10.8. The predicted molar refractivity (Wildman–Crippen MR) is 86.1 cm³/mol. The van der Waals surface area contributed by atoms with E-state index in [0.717, 1.165) is 44.0 Å². The second-order valence-electron chi connectivity index (χ2n) is 7.53. The second kappa shape index (κ2) is 6.11. The molecule has 0 aromatic carbocycles. The Balaban J connectivity index is 1.54. The van der Waals surface area contributed by atoms with Gasteiger partial charge in [0.2, 0.25) is 0 Å². The van der Waals surface area contributed by atoms with Crippen molar-refractivity contribution in [1.82, 2.24) is 25.0 Å². The zero-order valence-corrected chi connectivity index (χ0v) is 14.5.